The molecule has 5 nitrogen and oxygen atoms in total. The Morgan fingerprint density at radius 1 is 1.33 bits per heavy atom. The molecule has 0 radical (unpaired) electrons. The Labute approximate surface area is 162 Å². The van der Waals surface area contributed by atoms with Crippen LogP contribution >= 0.6 is 11.3 Å². The van der Waals surface area contributed by atoms with Crippen LogP contribution in [-0.4, -0.2) is 23.5 Å². The van der Waals surface area contributed by atoms with Gasteiger partial charge in [-0.05, 0) is 43.9 Å². The first-order chi connectivity index (χ1) is 13.1. The number of ether oxygens (including phenoxy) is 1. The van der Waals surface area contributed by atoms with Crippen molar-refractivity contribution < 1.29 is 9.53 Å². The van der Waals surface area contributed by atoms with E-state index in [1.165, 1.54) is 30.6 Å². The number of anilines is 1. The third kappa shape index (κ3) is 3.46. The van der Waals surface area contributed by atoms with Gasteiger partial charge in [0.25, 0.3) is 5.91 Å². The number of pyridine rings is 1. The van der Waals surface area contributed by atoms with Crippen LogP contribution in [0.15, 0.2) is 24.3 Å². The lowest BCUT2D eigenvalue weighted by Gasteiger charge is -2.29. The minimum atomic E-state index is -0.0756. The van der Waals surface area contributed by atoms with Gasteiger partial charge in [-0.3, -0.25) is 4.79 Å². The number of amides is 1. The van der Waals surface area contributed by atoms with Crippen molar-refractivity contribution in [1.82, 2.24) is 10.3 Å². The largest absolute Gasteiger partial charge is 0.494 e. The predicted octanol–water partition coefficient (Wildman–Crippen LogP) is 4.74. The molecule has 2 aromatic heterocycles. The quantitative estimate of drug-likeness (QED) is 0.682. The number of nitrogens with zero attached hydrogens (tertiary/aromatic N) is 1. The van der Waals surface area contributed by atoms with Crippen molar-refractivity contribution in [2.75, 3.05) is 12.3 Å². The monoisotopic (exact) mass is 383 g/mol. The van der Waals surface area contributed by atoms with Crippen LogP contribution < -0.4 is 15.8 Å². The summed E-state index contributed by atoms with van der Waals surface area (Å²) in [5.74, 6) is 1.23. The number of carbonyl (C=O) groups is 1. The molecule has 0 unspecified atom stereocenters. The molecule has 0 saturated heterocycles. The summed E-state index contributed by atoms with van der Waals surface area (Å²) in [5.41, 5.74) is 7.71. The second-order valence-electron chi connectivity index (χ2n) is 7.32. The summed E-state index contributed by atoms with van der Waals surface area (Å²) in [7, 11) is 0. The Kier molecular flexibility index (Phi) is 4.91. The van der Waals surface area contributed by atoms with E-state index in [-0.39, 0.29) is 11.9 Å². The molecule has 2 atom stereocenters. The van der Waals surface area contributed by atoms with E-state index in [4.69, 9.17) is 15.5 Å². The lowest BCUT2D eigenvalue weighted by molar-refractivity contribution is 0.0915. The van der Waals surface area contributed by atoms with E-state index in [9.17, 15) is 4.79 Å². The van der Waals surface area contributed by atoms with Crippen LogP contribution in [0.4, 0.5) is 5.69 Å². The average Bonchev–Trinajstić information content (AvgIpc) is 2.98. The fraction of sp³-hybridized carbons (Fsp3) is 0.429. The van der Waals surface area contributed by atoms with Gasteiger partial charge in [0, 0.05) is 22.9 Å². The molecule has 1 aliphatic carbocycles. The van der Waals surface area contributed by atoms with Gasteiger partial charge in [0.15, 0.2) is 0 Å². The highest BCUT2D eigenvalue weighted by atomic mass is 32.1. The third-order valence-electron chi connectivity index (χ3n) is 5.43. The van der Waals surface area contributed by atoms with Crippen LogP contribution in [0.3, 0.4) is 0 Å². The number of nitrogens with one attached hydrogen (secondary N) is 1. The molecule has 0 spiro atoms. The first kappa shape index (κ1) is 18.0. The Bertz CT molecular complexity index is 998. The number of carbonyl (C=O) groups excluding carboxylic acids is 1. The molecule has 1 saturated carbocycles. The number of rotatable bonds is 4. The van der Waals surface area contributed by atoms with Crippen LogP contribution in [0, 0.1) is 5.92 Å². The van der Waals surface area contributed by atoms with E-state index in [0.717, 1.165) is 33.3 Å². The van der Waals surface area contributed by atoms with Gasteiger partial charge in [-0.15, -0.1) is 11.3 Å². The molecule has 0 bridgehead atoms. The zero-order valence-electron chi connectivity index (χ0n) is 15.7. The number of fused-ring (bicyclic) bond motifs is 2. The van der Waals surface area contributed by atoms with E-state index >= 15 is 0 Å². The normalized spacial score (nSPS) is 20.1. The molecule has 2 heterocycles. The van der Waals surface area contributed by atoms with Crippen molar-refractivity contribution in [1.29, 1.82) is 0 Å². The van der Waals surface area contributed by atoms with Crippen molar-refractivity contribution in [2.24, 2.45) is 5.92 Å². The minimum Gasteiger partial charge on any atom is -0.494 e. The first-order valence-corrected chi connectivity index (χ1v) is 10.4. The second kappa shape index (κ2) is 7.35. The van der Waals surface area contributed by atoms with Crippen LogP contribution in [0.1, 0.15) is 49.2 Å². The third-order valence-corrected chi connectivity index (χ3v) is 6.55. The number of thiophene rings is 1. The maximum absolute atomic E-state index is 12.9. The van der Waals surface area contributed by atoms with Crippen molar-refractivity contribution in [2.45, 2.75) is 45.6 Å². The Balaban J connectivity index is 1.67. The summed E-state index contributed by atoms with van der Waals surface area (Å²) < 4.78 is 5.56. The summed E-state index contributed by atoms with van der Waals surface area (Å²) in [6.45, 7) is 4.78. The molecular formula is C21H25N3O2S. The van der Waals surface area contributed by atoms with E-state index < -0.39 is 0 Å². The molecule has 1 amide bonds. The van der Waals surface area contributed by atoms with Crippen molar-refractivity contribution in [3.05, 3.63) is 29.1 Å². The summed E-state index contributed by atoms with van der Waals surface area (Å²) in [6, 6.07) is 8.08. The lowest BCUT2D eigenvalue weighted by Crippen LogP contribution is -2.40. The molecule has 27 heavy (non-hydrogen) atoms. The molecule has 4 rings (SSSR count). The average molecular weight is 384 g/mol. The summed E-state index contributed by atoms with van der Waals surface area (Å²) in [6.07, 6.45) is 4.63. The first-order valence-electron chi connectivity index (χ1n) is 9.63. The van der Waals surface area contributed by atoms with Gasteiger partial charge >= 0.3 is 0 Å². The minimum absolute atomic E-state index is 0.0756. The molecule has 3 N–H and O–H groups in total. The van der Waals surface area contributed by atoms with Gasteiger partial charge in [0.2, 0.25) is 0 Å². The highest BCUT2D eigenvalue weighted by Crippen LogP contribution is 2.35. The van der Waals surface area contributed by atoms with E-state index in [1.807, 2.05) is 31.2 Å². The molecule has 6 heteroatoms. The van der Waals surface area contributed by atoms with Crippen LogP contribution in [-0.2, 0) is 0 Å². The highest BCUT2D eigenvalue weighted by molar-refractivity contribution is 7.21. The zero-order chi connectivity index (χ0) is 19.0. The number of aromatic nitrogens is 1. The van der Waals surface area contributed by atoms with Crippen LogP contribution in [0.25, 0.3) is 21.1 Å². The Hall–Kier alpha value is -2.34. The van der Waals surface area contributed by atoms with Gasteiger partial charge in [0.05, 0.1) is 17.8 Å². The summed E-state index contributed by atoms with van der Waals surface area (Å²) in [4.78, 5) is 18.9. The maximum Gasteiger partial charge on any atom is 0.263 e. The van der Waals surface area contributed by atoms with Gasteiger partial charge in [-0.25, -0.2) is 4.98 Å². The number of nitrogen functional groups attached to an aromatic ring is 1. The lowest BCUT2D eigenvalue weighted by atomic mass is 9.86. The van der Waals surface area contributed by atoms with E-state index in [2.05, 4.69) is 12.2 Å². The Morgan fingerprint density at radius 3 is 2.93 bits per heavy atom. The Morgan fingerprint density at radius 2 is 2.15 bits per heavy atom. The standard InChI is InChI=1S/C21H25N3O2S/c1-3-26-14-9-8-13-10-15-18(22)19(27-21(15)24-17(13)11-14)20(25)23-16-7-5-4-6-12(16)2/h8-12,16H,3-7,22H2,1-2H3,(H,23,25)/t12-,16-/m0/s1. The van der Waals surface area contributed by atoms with Gasteiger partial charge < -0.3 is 15.8 Å². The topological polar surface area (TPSA) is 77.2 Å². The van der Waals surface area contributed by atoms with Crippen LogP contribution in [0.2, 0.25) is 0 Å². The number of hydrogen-bond acceptors (Lipinski definition) is 5. The van der Waals surface area contributed by atoms with Crippen molar-refractivity contribution >= 4 is 44.1 Å². The van der Waals surface area contributed by atoms with Gasteiger partial charge in [0.1, 0.15) is 15.5 Å². The molecule has 142 valence electrons. The molecular weight excluding hydrogens is 358 g/mol. The zero-order valence-corrected chi connectivity index (χ0v) is 16.6. The molecule has 3 aromatic rings. The molecule has 0 aliphatic heterocycles. The predicted molar refractivity (Wildman–Crippen MR) is 112 cm³/mol. The smallest absolute Gasteiger partial charge is 0.263 e. The SMILES string of the molecule is CCOc1ccc2cc3c(N)c(C(=O)N[C@H]4CCCC[C@@H]4C)sc3nc2c1. The van der Waals surface area contributed by atoms with Gasteiger partial charge in [-0.2, -0.15) is 0 Å². The fourth-order valence-electron chi connectivity index (χ4n) is 3.86. The van der Waals surface area contributed by atoms with Crippen molar-refractivity contribution in [3.63, 3.8) is 0 Å². The second-order valence-corrected chi connectivity index (χ2v) is 8.31. The summed E-state index contributed by atoms with van der Waals surface area (Å²) in [5, 5.41) is 5.03. The highest BCUT2D eigenvalue weighted by Gasteiger charge is 2.25. The molecule has 1 aliphatic rings. The van der Waals surface area contributed by atoms with Crippen molar-refractivity contribution in [3.8, 4) is 5.75 Å². The van der Waals surface area contributed by atoms with E-state index in [0.29, 0.717) is 23.1 Å². The van der Waals surface area contributed by atoms with Gasteiger partial charge in [-0.1, -0.05) is 19.8 Å². The fourth-order valence-corrected chi connectivity index (χ4v) is 4.85. The van der Waals surface area contributed by atoms with Crippen LogP contribution in [0.5, 0.6) is 5.75 Å². The summed E-state index contributed by atoms with van der Waals surface area (Å²) >= 11 is 1.37. The number of hydrogen-bond donors (Lipinski definition) is 2. The maximum atomic E-state index is 12.9. The number of nitrogens with two attached hydrogens (primary N) is 1. The number of benzene rings is 1. The van der Waals surface area contributed by atoms with E-state index in [1.54, 1.807) is 0 Å². The molecule has 1 aromatic carbocycles. The molecule has 1 fully saturated rings.